The molecule has 1 aromatic rings. The third kappa shape index (κ3) is 7.17. The van der Waals surface area contributed by atoms with Gasteiger partial charge in [-0.15, -0.1) is 0 Å². The summed E-state index contributed by atoms with van der Waals surface area (Å²) in [7, 11) is 0. The number of halogens is 3. The molecule has 0 unspecified atom stereocenters. The SMILES string of the molecule is Cc1ccc[c-]1C.[Cl-].[Cl-].[Cl-].[V+4]. The van der Waals surface area contributed by atoms with Gasteiger partial charge in [-0.25, -0.2) is 12.1 Å². The molecular weight excluding hydrogens is 241 g/mol. The molecule has 1 aromatic carbocycles. The normalized spacial score (nSPS) is 6.00. The minimum Gasteiger partial charge on any atom is -1.00 e. The second-order valence-corrected chi connectivity index (χ2v) is 1.89. The number of hydrogen-bond acceptors (Lipinski definition) is 0. The Kier molecular flexibility index (Phi) is 22.2. The van der Waals surface area contributed by atoms with Gasteiger partial charge in [0.25, 0.3) is 0 Å². The van der Waals surface area contributed by atoms with Crippen LogP contribution in [0, 0.1) is 13.8 Å². The van der Waals surface area contributed by atoms with E-state index >= 15 is 0 Å². The topological polar surface area (TPSA) is 0 Å². The first-order valence-corrected chi connectivity index (χ1v) is 2.49. The van der Waals surface area contributed by atoms with Crippen LogP contribution in [0.2, 0.25) is 0 Å². The standard InChI is InChI=1S/C7H9.3ClH.V/c1-6-4-3-5-7(6)2;;;;/h3-5H,1-2H3;3*1H;/q-1;;;;+4/p-3. The van der Waals surface area contributed by atoms with Gasteiger partial charge in [0, 0.05) is 0 Å². The van der Waals surface area contributed by atoms with Gasteiger partial charge in [-0.05, 0) is 0 Å². The van der Waals surface area contributed by atoms with Crippen molar-refractivity contribution in [3.63, 3.8) is 0 Å². The molecule has 11 heavy (non-hydrogen) atoms. The maximum atomic E-state index is 2.12. The minimum atomic E-state index is 0. The van der Waals surface area contributed by atoms with E-state index in [1.54, 1.807) is 0 Å². The number of rotatable bonds is 0. The van der Waals surface area contributed by atoms with E-state index in [1.165, 1.54) is 11.1 Å². The Morgan fingerprint density at radius 3 is 1.73 bits per heavy atom. The van der Waals surface area contributed by atoms with E-state index in [0.29, 0.717) is 0 Å². The summed E-state index contributed by atoms with van der Waals surface area (Å²) in [5, 5.41) is 0. The molecule has 0 N–H and O–H groups in total. The minimum absolute atomic E-state index is 0. The summed E-state index contributed by atoms with van der Waals surface area (Å²) in [5.74, 6) is 0. The first-order valence-electron chi connectivity index (χ1n) is 2.49. The molecule has 0 nitrogen and oxygen atoms in total. The zero-order valence-corrected chi connectivity index (χ0v) is 9.98. The number of aryl methyl sites for hydroxylation is 2. The van der Waals surface area contributed by atoms with Crippen molar-refractivity contribution in [2.24, 2.45) is 0 Å². The molecule has 0 heterocycles. The van der Waals surface area contributed by atoms with Crippen molar-refractivity contribution in [1.29, 1.82) is 0 Å². The van der Waals surface area contributed by atoms with Gasteiger partial charge < -0.3 is 37.2 Å². The van der Waals surface area contributed by atoms with E-state index in [2.05, 4.69) is 32.0 Å². The predicted molar refractivity (Wildman–Crippen MR) is 31.5 cm³/mol. The van der Waals surface area contributed by atoms with Crippen LogP contribution >= 0.6 is 0 Å². The Hall–Kier alpha value is 0.804. The summed E-state index contributed by atoms with van der Waals surface area (Å²) < 4.78 is 0. The van der Waals surface area contributed by atoms with Crippen molar-refractivity contribution < 1.29 is 55.8 Å². The number of hydrogen-bond donors (Lipinski definition) is 0. The zero-order valence-electron chi connectivity index (χ0n) is 6.31. The van der Waals surface area contributed by atoms with Crippen LogP contribution in [-0.4, -0.2) is 0 Å². The van der Waals surface area contributed by atoms with Crippen LogP contribution in [0.5, 0.6) is 0 Å². The summed E-state index contributed by atoms with van der Waals surface area (Å²) in [6.07, 6.45) is 0. The molecule has 0 spiro atoms. The molecule has 63 valence electrons. The largest absolute Gasteiger partial charge is 4.00 e. The Labute approximate surface area is 98.6 Å². The van der Waals surface area contributed by atoms with Crippen molar-refractivity contribution in [3.05, 3.63) is 29.3 Å². The van der Waals surface area contributed by atoms with E-state index in [9.17, 15) is 0 Å². The molecule has 0 aromatic heterocycles. The average Bonchev–Trinajstić information content (AvgIpc) is 1.91. The summed E-state index contributed by atoms with van der Waals surface area (Å²) in [6.45, 7) is 4.24. The van der Waals surface area contributed by atoms with E-state index in [4.69, 9.17) is 0 Å². The molecule has 4 heteroatoms. The molecule has 0 amide bonds. The summed E-state index contributed by atoms with van der Waals surface area (Å²) in [6, 6.07) is 6.31. The second kappa shape index (κ2) is 10.8. The molecule has 0 aliphatic carbocycles. The second-order valence-electron chi connectivity index (χ2n) is 1.89. The van der Waals surface area contributed by atoms with Crippen LogP contribution in [0.25, 0.3) is 0 Å². The monoisotopic (exact) mass is 249 g/mol. The quantitative estimate of drug-likeness (QED) is 0.402. The van der Waals surface area contributed by atoms with Crippen molar-refractivity contribution in [2.75, 3.05) is 0 Å². The molecule has 0 fully saturated rings. The fraction of sp³-hybridized carbons (Fsp3) is 0.286. The van der Waals surface area contributed by atoms with Gasteiger partial charge in [0.2, 0.25) is 0 Å². The molecule has 1 rings (SSSR count). The molecule has 0 bridgehead atoms. The maximum Gasteiger partial charge on any atom is 4.00 e. The van der Waals surface area contributed by atoms with Gasteiger partial charge in [0.1, 0.15) is 0 Å². The Balaban J connectivity index is -0.0000000612. The first-order chi connectivity index (χ1) is 3.30. The van der Waals surface area contributed by atoms with Gasteiger partial charge in [-0.3, -0.25) is 0 Å². The van der Waals surface area contributed by atoms with Crippen molar-refractivity contribution in [2.45, 2.75) is 13.8 Å². The van der Waals surface area contributed by atoms with Crippen LogP contribution < -0.4 is 37.2 Å². The molecule has 0 atom stereocenters. The molecule has 0 saturated carbocycles. The third-order valence-corrected chi connectivity index (χ3v) is 1.31. The van der Waals surface area contributed by atoms with Crippen molar-refractivity contribution in [3.8, 4) is 0 Å². The maximum absolute atomic E-state index is 2.12. The first kappa shape index (κ1) is 22.6. The molecule has 0 saturated heterocycles. The smallest absolute Gasteiger partial charge is 1.00 e. The predicted octanol–water partition coefficient (Wildman–Crippen LogP) is -6.97. The molecule has 0 aliphatic heterocycles. The van der Waals surface area contributed by atoms with E-state index in [-0.39, 0.29) is 55.8 Å². The van der Waals surface area contributed by atoms with Gasteiger partial charge >= 0.3 is 18.6 Å². The van der Waals surface area contributed by atoms with Crippen LogP contribution in [0.4, 0.5) is 0 Å². The van der Waals surface area contributed by atoms with Crippen LogP contribution in [0.3, 0.4) is 0 Å². The van der Waals surface area contributed by atoms with E-state index in [1.807, 2.05) is 0 Å². The van der Waals surface area contributed by atoms with E-state index in [0.717, 1.165) is 0 Å². The average molecular weight is 250 g/mol. The van der Waals surface area contributed by atoms with Gasteiger partial charge in [-0.1, -0.05) is 13.8 Å². The van der Waals surface area contributed by atoms with Crippen LogP contribution in [0.15, 0.2) is 18.2 Å². The fourth-order valence-corrected chi connectivity index (χ4v) is 0.600. The Bertz CT molecular complexity index is 146. The fourth-order valence-electron chi connectivity index (χ4n) is 0.600. The Morgan fingerprint density at radius 1 is 1.18 bits per heavy atom. The van der Waals surface area contributed by atoms with Gasteiger partial charge in [-0.2, -0.15) is 17.2 Å². The zero-order chi connectivity index (χ0) is 5.28. The van der Waals surface area contributed by atoms with Crippen LogP contribution in [0.1, 0.15) is 11.1 Å². The van der Waals surface area contributed by atoms with Gasteiger partial charge in [0.05, 0.1) is 0 Å². The Morgan fingerprint density at radius 2 is 1.64 bits per heavy atom. The van der Waals surface area contributed by atoms with Crippen molar-refractivity contribution in [1.82, 2.24) is 0 Å². The summed E-state index contributed by atoms with van der Waals surface area (Å²) >= 11 is 0. The van der Waals surface area contributed by atoms with Crippen molar-refractivity contribution >= 4 is 0 Å². The molecule has 0 aliphatic rings. The third-order valence-electron chi connectivity index (χ3n) is 1.31. The van der Waals surface area contributed by atoms with E-state index < -0.39 is 0 Å². The molecular formula is C7H9Cl3V. The van der Waals surface area contributed by atoms with Crippen LogP contribution in [-0.2, 0) is 18.6 Å². The van der Waals surface area contributed by atoms with Gasteiger partial charge in [0.15, 0.2) is 0 Å². The molecule has 1 radical (unpaired) electrons. The summed E-state index contributed by atoms with van der Waals surface area (Å²) in [4.78, 5) is 0. The summed E-state index contributed by atoms with van der Waals surface area (Å²) in [5.41, 5.74) is 2.78.